The first-order valence-electron chi connectivity index (χ1n) is 25.7. The second kappa shape index (κ2) is 28.8. The number of aryl methyl sites for hydroxylation is 2. The topological polar surface area (TPSA) is 308 Å². The molecule has 2 aromatic heterocycles. The number of unbranched alkanes of at least 4 members (excludes halogenated alkanes) is 2. The molecule has 0 saturated carbocycles. The molecule has 8 aromatic rings. The van der Waals surface area contributed by atoms with Gasteiger partial charge in [-0.05, 0) is 147 Å². The number of halogens is 2. The highest BCUT2D eigenvalue weighted by Crippen LogP contribution is 2.48. The summed E-state index contributed by atoms with van der Waals surface area (Å²) in [6.45, 7) is 3.95. The summed E-state index contributed by atoms with van der Waals surface area (Å²) < 4.78 is 101. The van der Waals surface area contributed by atoms with E-state index in [4.69, 9.17) is 24.7 Å². The van der Waals surface area contributed by atoms with Gasteiger partial charge in [0.1, 0.15) is 46.1 Å². The lowest BCUT2D eigenvalue weighted by Gasteiger charge is -2.19. The second-order valence-electron chi connectivity index (χ2n) is 18.1. The van der Waals surface area contributed by atoms with Crippen LogP contribution in [0.4, 0.5) is 36.3 Å². The number of H-pyrrole nitrogens is 2. The van der Waals surface area contributed by atoms with Gasteiger partial charge in [-0.2, -0.15) is 4.99 Å². The molecule has 2 heterocycles. The first kappa shape index (κ1) is 63.4. The highest BCUT2D eigenvalue weighted by atomic mass is 32.2. The van der Waals surface area contributed by atoms with Gasteiger partial charge in [0.25, 0.3) is 11.1 Å². The van der Waals surface area contributed by atoms with E-state index in [1.807, 2.05) is 13.8 Å². The van der Waals surface area contributed by atoms with E-state index in [2.05, 4.69) is 25.6 Å². The summed E-state index contributed by atoms with van der Waals surface area (Å²) in [4.78, 5) is 54.7. The maximum absolute atomic E-state index is 13.7. The number of carbonyl (C=O) groups is 1. The third-order valence-corrected chi connectivity index (χ3v) is 16.2. The van der Waals surface area contributed by atoms with Gasteiger partial charge in [0.05, 0.1) is 66.2 Å². The van der Waals surface area contributed by atoms with Crippen molar-refractivity contribution < 1.29 is 64.4 Å². The zero-order chi connectivity index (χ0) is 61.3. The Kier molecular flexibility index (Phi) is 21.7. The molecule has 0 unspecified atom stereocenters. The number of benzene rings is 6. The van der Waals surface area contributed by atoms with Crippen molar-refractivity contribution in [2.45, 2.75) is 72.0 Å². The van der Waals surface area contributed by atoms with Gasteiger partial charge in [0, 0.05) is 28.5 Å². The molecule has 0 radical (unpaired) electrons. The Morgan fingerprint density at radius 1 is 0.560 bits per heavy atom. The molecule has 0 atom stereocenters. The summed E-state index contributed by atoms with van der Waals surface area (Å²) in [5.41, 5.74) is 6.80. The normalized spacial score (nSPS) is 10.9. The SMILES string of the molecule is CCCCc1[nH]c(=O)c(S(=O)(=O)c2ccc(N)cc2)c(O)c1-c1c(OC)cccc1OC.CCCCc1[nH]c(=O)c(S(=O)(=O)c2ccc(NC(=O)Nc3ccc(F)cc3)cc2)c(O)c1-c1c(OC)cccc1OC.O=C=Nc1ccc(F)cc1. The molecule has 0 fully saturated rings. The van der Waals surface area contributed by atoms with Gasteiger partial charge in [-0.25, -0.2) is 35.2 Å². The number of aromatic amines is 2. The van der Waals surface area contributed by atoms with Gasteiger partial charge < -0.3 is 55.5 Å². The van der Waals surface area contributed by atoms with Crippen LogP contribution in [0.5, 0.6) is 34.5 Å². The molecule has 2 amide bonds. The number of isocyanates is 1. The number of nitrogen functional groups attached to an aromatic ring is 1. The van der Waals surface area contributed by atoms with Gasteiger partial charge in [-0.15, -0.1) is 0 Å². The predicted octanol–water partition coefficient (Wildman–Crippen LogP) is 11.0. The fourth-order valence-corrected chi connectivity index (χ4v) is 11.3. The van der Waals surface area contributed by atoms with E-state index < -0.39 is 63.9 Å². The third kappa shape index (κ3) is 14.8. The van der Waals surface area contributed by atoms with Crippen molar-refractivity contribution in [3.63, 3.8) is 0 Å². The Labute approximate surface area is 482 Å². The van der Waals surface area contributed by atoms with E-state index in [9.17, 15) is 55.0 Å². The lowest BCUT2D eigenvalue weighted by Crippen LogP contribution is -2.21. The monoisotopic (exact) mass is 1190 g/mol. The van der Waals surface area contributed by atoms with Crippen molar-refractivity contribution >= 4 is 54.5 Å². The van der Waals surface area contributed by atoms with Crippen LogP contribution in [0.15, 0.2) is 168 Å². The number of anilines is 3. The minimum absolute atomic E-state index is 0.0895. The van der Waals surface area contributed by atoms with E-state index in [0.717, 1.165) is 12.8 Å². The zero-order valence-corrected chi connectivity index (χ0v) is 48.0. The van der Waals surface area contributed by atoms with Crippen LogP contribution >= 0.6 is 0 Å². The zero-order valence-electron chi connectivity index (χ0n) is 46.3. The van der Waals surface area contributed by atoms with Crippen LogP contribution in [0, 0.1) is 11.6 Å². The lowest BCUT2D eigenvalue weighted by molar-refractivity contribution is 0.262. The first-order valence-corrected chi connectivity index (χ1v) is 28.7. The number of sulfone groups is 2. The van der Waals surface area contributed by atoms with Gasteiger partial charge in [-0.3, -0.25) is 9.59 Å². The Bertz CT molecular complexity index is 3980. The number of nitrogens with zero attached hydrogens (tertiary/aromatic N) is 1. The average molecular weight is 1190 g/mol. The van der Waals surface area contributed by atoms with Crippen molar-refractivity contribution in [3.8, 4) is 56.8 Å². The number of aliphatic imine (C=N–C) groups is 1. The molecule has 0 aliphatic heterocycles. The molecule has 84 heavy (non-hydrogen) atoms. The molecule has 6 aromatic carbocycles. The number of rotatable bonds is 19. The second-order valence-corrected chi connectivity index (χ2v) is 21.9. The molecule has 0 saturated heterocycles. The maximum atomic E-state index is 13.7. The number of aromatic hydroxyl groups is 2. The number of hydrogen-bond acceptors (Lipinski definition) is 16. The largest absolute Gasteiger partial charge is 0.506 e. The number of nitrogens with two attached hydrogens (primary N) is 1. The Morgan fingerprint density at radius 3 is 1.25 bits per heavy atom. The molecular weight excluding hydrogens is 1130 g/mol. The predicted molar refractivity (Wildman–Crippen MR) is 313 cm³/mol. The van der Waals surface area contributed by atoms with Gasteiger partial charge >= 0.3 is 6.03 Å². The molecule has 0 spiro atoms. The quantitative estimate of drug-likeness (QED) is 0.0225. The Balaban J connectivity index is 0.000000237. The number of hydrogen-bond donors (Lipinski definition) is 7. The summed E-state index contributed by atoms with van der Waals surface area (Å²) in [5.74, 6) is -0.829. The van der Waals surface area contributed by atoms with E-state index >= 15 is 0 Å². The van der Waals surface area contributed by atoms with Crippen LogP contribution in [0.1, 0.15) is 50.9 Å². The van der Waals surface area contributed by atoms with Crippen LogP contribution in [0.25, 0.3) is 22.3 Å². The van der Waals surface area contributed by atoms with E-state index in [0.29, 0.717) is 88.3 Å². The van der Waals surface area contributed by atoms with Crippen LogP contribution in [0.3, 0.4) is 0 Å². The van der Waals surface area contributed by atoms with Crippen molar-refractivity contribution in [1.29, 1.82) is 0 Å². The summed E-state index contributed by atoms with van der Waals surface area (Å²) in [6, 6.07) is 30.3. The number of ether oxygens (including phenoxy) is 4. The lowest BCUT2D eigenvalue weighted by atomic mass is 9.98. The summed E-state index contributed by atoms with van der Waals surface area (Å²) in [6.07, 6.45) is 5.12. The number of methoxy groups -OCH3 is 4. The number of amides is 2. The molecule has 0 aliphatic rings. The van der Waals surface area contributed by atoms with Crippen molar-refractivity contribution in [2.75, 3.05) is 44.8 Å². The minimum Gasteiger partial charge on any atom is -0.506 e. The first-order chi connectivity index (χ1) is 40.2. The smallest absolute Gasteiger partial charge is 0.323 e. The highest BCUT2D eigenvalue weighted by molar-refractivity contribution is 7.92. The van der Waals surface area contributed by atoms with E-state index in [1.54, 1.807) is 36.4 Å². The summed E-state index contributed by atoms with van der Waals surface area (Å²) in [5, 5.41) is 27.8. The third-order valence-electron chi connectivity index (χ3n) is 12.6. The molecule has 0 aliphatic carbocycles. The van der Waals surface area contributed by atoms with Crippen molar-refractivity contribution in [1.82, 2.24) is 9.97 Å². The van der Waals surface area contributed by atoms with Crippen molar-refractivity contribution in [2.24, 2.45) is 4.99 Å². The minimum atomic E-state index is -4.54. The number of pyridine rings is 2. The van der Waals surface area contributed by atoms with E-state index in [1.165, 1.54) is 132 Å². The molecule has 24 heteroatoms. The number of carbonyl (C=O) groups excluding carboxylic acids is 2. The molecule has 8 rings (SSSR count). The summed E-state index contributed by atoms with van der Waals surface area (Å²) >= 11 is 0. The molecule has 8 N–H and O–H groups in total. The Hall–Kier alpha value is -9.77. The maximum Gasteiger partial charge on any atom is 0.323 e. The highest BCUT2D eigenvalue weighted by Gasteiger charge is 2.34. The number of urea groups is 1. The van der Waals surface area contributed by atoms with Crippen LogP contribution in [-0.4, -0.2) is 77.6 Å². The fourth-order valence-electron chi connectivity index (χ4n) is 8.55. The van der Waals surface area contributed by atoms with Crippen LogP contribution in [0.2, 0.25) is 0 Å². The van der Waals surface area contributed by atoms with Gasteiger partial charge in [-0.1, -0.05) is 38.8 Å². The standard InChI is InChI=1S/C30H30FN3O7S.C23H26N2O6S.C7H4FNO/c1-4-5-7-22-25(26-23(40-2)8-6-9-24(26)41-3)27(35)28(29(36)34-22)42(38,39)21-16-14-20(15-17-21)33-30(37)32-19-12-10-18(31)11-13-19;1-4-5-7-16-19(20-17(30-2)8-6-9-18(20)31-3)21(26)22(23(27)25-16)32(28,29)15-12-10-14(24)11-13-15;8-6-1-3-7(4-2-6)9-5-10/h6,8-17H,4-5,7H2,1-3H3,(H2,32,33,37)(H2,34,35,36);6,8-13H,4-5,7,24H2,1-3H3,(H2,25,26,27);1-4H. The number of aromatic nitrogens is 2. The van der Waals surface area contributed by atoms with Crippen molar-refractivity contribution in [3.05, 3.63) is 177 Å². The molecule has 0 bridgehead atoms. The fraction of sp³-hybridized carbons (Fsp3) is 0.200. The van der Waals surface area contributed by atoms with Gasteiger partial charge in [0.2, 0.25) is 25.8 Å². The Morgan fingerprint density at radius 2 is 0.905 bits per heavy atom. The van der Waals surface area contributed by atoms with Crippen LogP contribution < -0.4 is 46.4 Å². The number of nitrogens with one attached hydrogen (secondary N) is 4. The average Bonchev–Trinajstić information content (AvgIpc) is 2.70. The van der Waals surface area contributed by atoms with Gasteiger partial charge in [0.15, 0.2) is 9.79 Å². The molecule has 440 valence electrons. The van der Waals surface area contributed by atoms with Crippen LogP contribution in [-0.2, 0) is 37.3 Å². The molecular formula is C60H60F2N6O14S2. The molecule has 20 nitrogen and oxygen atoms in total. The summed E-state index contributed by atoms with van der Waals surface area (Å²) in [7, 11) is -3.12. The van der Waals surface area contributed by atoms with E-state index in [-0.39, 0.29) is 32.4 Å².